The van der Waals surface area contributed by atoms with Gasteiger partial charge in [-0.2, -0.15) is 0 Å². The van der Waals surface area contributed by atoms with Gasteiger partial charge in [-0.15, -0.1) is 12.4 Å². The van der Waals surface area contributed by atoms with Crippen LogP contribution in [0.3, 0.4) is 0 Å². The van der Waals surface area contributed by atoms with Crippen LogP contribution >= 0.6 is 28.3 Å². The van der Waals surface area contributed by atoms with E-state index in [9.17, 15) is 0 Å². The smallest absolute Gasteiger partial charge is 0.0758 e. The molecule has 0 spiro atoms. The molecule has 2 heterocycles. The van der Waals surface area contributed by atoms with E-state index in [-0.39, 0.29) is 12.4 Å². The number of likely N-dealkylation sites (N-methyl/N-ethyl adjacent to an activating group) is 1. The summed E-state index contributed by atoms with van der Waals surface area (Å²) < 4.78 is 1.12. The van der Waals surface area contributed by atoms with Crippen molar-refractivity contribution in [2.24, 2.45) is 0 Å². The molecule has 1 fully saturated rings. The highest BCUT2D eigenvalue weighted by Crippen LogP contribution is 2.26. The van der Waals surface area contributed by atoms with E-state index in [0.717, 1.165) is 29.6 Å². The van der Waals surface area contributed by atoms with Crippen LogP contribution in [0, 0.1) is 0 Å². The molecule has 0 saturated carbocycles. The minimum absolute atomic E-state index is 0. The minimum Gasteiger partial charge on any atom is -0.315 e. The Hall–Kier alpha value is -0.680. The van der Waals surface area contributed by atoms with Gasteiger partial charge >= 0.3 is 0 Å². The number of benzene rings is 1. The van der Waals surface area contributed by atoms with Crippen LogP contribution in [0.25, 0.3) is 10.9 Å². The number of hydrogen-bond donors (Lipinski definition) is 1. The van der Waals surface area contributed by atoms with E-state index in [1.165, 1.54) is 17.4 Å². The van der Waals surface area contributed by atoms with Gasteiger partial charge in [-0.25, -0.2) is 0 Å². The Labute approximate surface area is 134 Å². The number of nitrogens with zero attached hydrogens (tertiary/aromatic N) is 2. The third-order valence-corrected chi connectivity index (χ3v) is 4.57. The summed E-state index contributed by atoms with van der Waals surface area (Å²) in [5.74, 6) is 0. The van der Waals surface area contributed by atoms with Crippen LogP contribution in [-0.4, -0.2) is 36.1 Å². The lowest BCUT2D eigenvalue weighted by Gasteiger charge is -2.24. The van der Waals surface area contributed by atoms with Crippen LogP contribution in [0.5, 0.6) is 0 Å². The quantitative estimate of drug-likeness (QED) is 0.915. The van der Waals surface area contributed by atoms with Crippen LogP contribution < -0.4 is 5.32 Å². The molecule has 1 saturated heterocycles. The van der Waals surface area contributed by atoms with Gasteiger partial charge in [0.2, 0.25) is 0 Å². The lowest BCUT2D eigenvalue weighted by molar-refractivity contribution is 0.249. The largest absolute Gasteiger partial charge is 0.315 e. The highest BCUT2D eigenvalue weighted by atomic mass is 79.9. The van der Waals surface area contributed by atoms with Crippen LogP contribution in [0.15, 0.2) is 34.9 Å². The SMILES string of the molecule is CN(Cc1ccc(Br)c2cccnc12)C1CCNC1.Cl. The van der Waals surface area contributed by atoms with Crippen LogP contribution in [0.2, 0.25) is 0 Å². The zero-order chi connectivity index (χ0) is 13.2. The first kappa shape index (κ1) is 15.7. The monoisotopic (exact) mass is 355 g/mol. The van der Waals surface area contributed by atoms with Crippen molar-refractivity contribution < 1.29 is 0 Å². The number of rotatable bonds is 3. The standard InChI is InChI=1S/C15H18BrN3.ClH/c1-19(12-6-8-17-9-12)10-11-4-5-14(16)13-3-2-7-18-15(11)13;/h2-5,7,12,17H,6,8-10H2,1H3;1H. The zero-order valence-corrected chi connectivity index (χ0v) is 13.9. The fourth-order valence-electron chi connectivity index (χ4n) is 2.74. The van der Waals surface area contributed by atoms with Crippen LogP contribution in [-0.2, 0) is 6.54 Å². The summed E-state index contributed by atoms with van der Waals surface area (Å²) >= 11 is 3.60. The topological polar surface area (TPSA) is 28.2 Å². The lowest BCUT2D eigenvalue weighted by Crippen LogP contribution is -2.32. The average Bonchev–Trinajstić information content (AvgIpc) is 2.96. The Morgan fingerprint density at radius 3 is 3.00 bits per heavy atom. The van der Waals surface area contributed by atoms with Gasteiger partial charge in [-0.3, -0.25) is 9.88 Å². The summed E-state index contributed by atoms with van der Waals surface area (Å²) in [5, 5.41) is 4.61. The van der Waals surface area contributed by atoms with E-state index in [1.54, 1.807) is 0 Å². The minimum atomic E-state index is 0. The maximum absolute atomic E-state index is 4.55. The maximum Gasteiger partial charge on any atom is 0.0758 e. The number of pyridine rings is 1. The molecule has 5 heteroatoms. The van der Waals surface area contributed by atoms with Crippen molar-refractivity contribution in [3.05, 3.63) is 40.5 Å². The molecular weight excluding hydrogens is 338 g/mol. The lowest BCUT2D eigenvalue weighted by atomic mass is 10.1. The molecule has 1 N–H and O–H groups in total. The molecule has 0 amide bonds. The van der Waals surface area contributed by atoms with Crippen molar-refractivity contribution in [2.75, 3.05) is 20.1 Å². The number of halogens is 2. The number of nitrogens with one attached hydrogen (secondary N) is 1. The predicted octanol–water partition coefficient (Wildman–Crippen LogP) is 3.21. The van der Waals surface area contributed by atoms with Crippen molar-refractivity contribution in [3.8, 4) is 0 Å². The normalized spacial score (nSPS) is 18.4. The Morgan fingerprint density at radius 2 is 2.25 bits per heavy atom. The average molecular weight is 357 g/mol. The van der Waals surface area contributed by atoms with Crippen molar-refractivity contribution >= 4 is 39.2 Å². The molecule has 20 heavy (non-hydrogen) atoms. The van der Waals surface area contributed by atoms with Crippen molar-refractivity contribution in [1.82, 2.24) is 15.2 Å². The third-order valence-electron chi connectivity index (χ3n) is 3.88. The Bertz CT molecular complexity index is 584. The van der Waals surface area contributed by atoms with E-state index in [0.29, 0.717) is 6.04 Å². The summed E-state index contributed by atoms with van der Waals surface area (Å²) in [6.45, 7) is 3.18. The first-order valence-corrected chi connectivity index (χ1v) is 7.48. The summed E-state index contributed by atoms with van der Waals surface area (Å²) in [6, 6.07) is 9.05. The second-order valence-electron chi connectivity index (χ2n) is 5.17. The van der Waals surface area contributed by atoms with Crippen LogP contribution in [0.1, 0.15) is 12.0 Å². The van der Waals surface area contributed by atoms with Gasteiger partial charge in [-0.1, -0.05) is 28.1 Å². The summed E-state index contributed by atoms with van der Waals surface area (Å²) in [5.41, 5.74) is 2.41. The van der Waals surface area contributed by atoms with Gasteiger partial charge in [0, 0.05) is 35.2 Å². The van der Waals surface area contributed by atoms with Crippen molar-refractivity contribution in [3.63, 3.8) is 0 Å². The molecule has 1 aromatic heterocycles. The Balaban J connectivity index is 0.00000147. The number of hydrogen-bond acceptors (Lipinski definition) is 3. The molecular formula is C15H19BrClN3. The zero-order valence-electron chi connectivity index (χ0n) is 11.5. The van der Waals surface area contributed by atoms with Gasteiger partial charge in [0.15, 0.2) is 0 Å². The molecule has 1 atom stereocenters. The van der Waals surface area contributed by atoms with Crippen molar-refractivity contribution in [1.29, 1.82) is 0 Å². The molecule has 3 nitrogen and oxygen atoms in total. The molecule has 3 rings (SSSR count). The molecule has 0 bridgehead atoms. The van der Waals surface area contributed by atoms with Gasteiger partial charge in [0.1, 0.15) is 0 Å². The van der Waals surface area contributed by atoms with E-state index < -0.39 is 0 Å². The number of aromatic nitrogens is 1. The van der Waals surface area contributed by atoms with Gasteiger partial charge in [-0.05, 0) is 37.7 Å². The van der Waals surface area contributed by atoms with E-state index in [2.05, 4.69) is 56.4 Å². The summed E-state index contributed by atoms with van der Waals surface area (Å²) in [6.07, 6.45) is 3.10. The second-order valence-corrected chi connectivity index (χ2v) is 6.02. The van der Waals surface area contributed by atoms with Crippen molar-refractivity contribution in [2.45, 2.75) is 19.0 Å². The molecule has 1 aliphatic rings. The Kier molecular flexibility index (Phi) is 5.38. The van der Waals surface area contributed by atoms with Gasteiger partial charge in [0.25, 0.3) is 0 Å². The van der Waals surface area contributed by atoms with E-state index >= 15 is 0 Å². The molecule has 1 aromatic carbocycles. The first-order chi connectivity index (χ1) is 9.25. The maximum atomic E-state index is 4.55. The van der Waals surface area contributed by atoms with E-state index in [4.69, 9.17) is 0 Å². The first-order valence-electron chi connectivity index (χ1n) is 6.69. The molecule has 1 aliphatic heterocycles. The van der Waals surface area contributed by atoms with Crippen LogP contribution in [0.4, 0.5) is 0 Å². The highest BCUT2D eigenvalue weighted by Gasteiger charge is 2.19. The summed E-state index contributed by atoms with van der Waals surface area (Å²) in [4.78, 5) is 6.98. The highest BCUT2D eigenvalue weighted by molar-refractivity contribution is 9.10. The summed E-state index contributed by atoms with van der Waals surface area (Å²) in [7, 11) is 2.20. The third kappa shape index (κ3) is 3.14. The number of fused-ring (bicyclic) bond motifs is 1. The fourth-order valence-corrected chi connectivity index (χ4v) is 3.19. The molecule has 108 valence electrons. The van der Waals surface area contributed by atoms with Gasteiger partial charge in [0.05, 0.1) is 5.52 Å². The molecule has 2 aromatic rings. The predicted molar refractivity (Wildman–Crippen MR) is 89.4 cm³/mol. The molecule has 0 aliphatic carbocycles. The fraction of sp³-hybridized carbons (Fsp3) is 0.400. The Morgan fingerprint density at radius 1 is 1.40 bits per heavy atom. The second kappa shape index (κ2) is 6.85. The van der Waals surface area contributed by atoms with Gasteiger partial charge < -0.3 is 5.32 Å². The molecule has 0 radical (unpaired) electrons. The van der Waals surface area contributed by atoms with E-state index in [1.807, 2.05) is 12.3 Å². The molecule has 1 unspecified atom stereocenters.